The van der Waals surface area contributed by atoms with Crippen molar-refractivity contribution in [1.29, 1.82) is 0 Å². The van der Waals surface area contributed by atoms with Gasteiger partial charge < -0.3 is 11.1 Å². The summed E-state index contributed by atoms with van der Waals surface area (Å²) in [7, 11) is 0. The first-order chi connectivity index (χ1) is 11.5. The summed E-state index contributed by atoms with van der Waals surface area (Å²) in [6, 6.07) is 5.66. The third-order valence-electron chi connectivity index (χ3n) is 3.65. The van der Waals surface area contributed by atoms with Crippen molar-refractivity contribution in [3.8, 4) is 0 Å². The number of aryl methyl sites for hydroxylation is 1. The SMILES string of the molecule is CCn1c(N)nc2cc(C(=O)NCc3ccc(F)cc3Cl)cnc21. The minimum Gasteiger partial charge on any atom is -0.369 e. The monoisotopic (exact) mass is 347 g/mol. The van der Waals surface area contributed by atoms with Crippen LogP contribution in [0.5, 0.6) is 0 Å². The van der Waals surface area contributed by atoms with Crippen LogP contribution >= 0.6 is 11.6 Å². The second kappa shape index (κ2) is 6.45. The Balaban J connectivity index is 1.78. The average Bonchev–Trinajstić information content (AvgIpc) is 2.87. The van der Waals surface area contributed by atoms with Crippen molar-refractivity contribution in [2.24, 2.45) is 0 Å². The minimum absolute atomic E-state index is 0.182. The number of benzene rings is 1. The summed E-state index contributed by atoms with van der Waals surface area (Å²) in [5, 5.41) is 2.99. The highest BCUT2D eigenvalue weighted by atomic mass is 35.5. The number of nitrogens with zero attached hydrogens (tertiary/aromatic N) is 3. The Morgan fingerprint density at radius 2 is 2.21 bits per heavy atom. The quantitative estimate of drug-likeness (QED) is 0.759. The van der Waals surface area contributed by atoms with Crippen LogP contribution in [0.1, 0.15) is 22.8 Å². The summed E-state index contributed by atoms with van der Waals surface area (Å²) in [4.78, 5) is 20.7. The predicted octanol–water partition coefficient (Wildman–Crippen LogP) is 2.76. The van der Waals surface area contributed by atoms with Gasteiger partial charge in [0.15, 0.2) is 5.65 Å². The Kier molecular flexibility index (Phi) is 4.35. The lowest BCUT2D eigenvalue weighted by Gasteiger charge is -2.07. The van der Waals surface area contributed by atoms with E-state index in [9.17, 15) is 9.18 Å². The van der Waals surface area contributed by atoms with Crippen LogP contribution < -0.4 is 11.1 Å². The van der Waals surface area contributed by atoms with E-state index in [-0.39, 0.29) is 17.5 Å². The van der Waals surface area contributed by atoms with E-state index in [1.54, 1.807) is 10.6 Å². The van der Waals surface area contributed by atoms with E-state index in [0.717, 1.165) is 0 Å². The number of hydrogen-bond acceptors (Lipinski definition) is 4. The molecule has 3 N–H and O–H groups in total. The number of carbonyl (C=O) groups excluding carboxylic acids is 1. The fraction of sp³-hybridized carbons (Fsp3) is 0.188. The molecule has 8 heteroatoms. The van der Waals surface area contributed by atoms with Gasteiger partial charge in [0.1, 0.15) is 11.3 Å². The van der Waals surface area contributed by atoms with Gasteiger partial charge in [-0.15, -0.1) is 0 Å². The van der Waals surface area contributed by atoms with Gasteiger partial charge in [-0.25, -0.2) is 14.4 Å². The normalized spacial score (nSPS) is 11.0. The molecule has 0 fully saturated rings. The van der Waals surface area contributed by atoms with Crippen LogP contribution in [0, 0.1) is 5.82 Å². The molecule has 0 atom stereocenters. The third kappa shape index (κ3) is 3.03. The van der Waals surface area contributed by atoms with Crippen LogP contribution in [-0.4, -0.2) is 20.4 Å². The van der Waals surface area contributed by atoms with E-state index in [0.29, 0.717) is 34.8 Å². The van der Waals surface area contributed by atoms with E-state index in [4.69, 9.17) is 17.3 Å². The van der Waals surface area contributed by atoms with Gasteiger partial charge in [-0.3, -0.25) is 9.36 Å². The molecule has 0 radical (unpaired) electrons. The van der Waals surface area contributed by atoms with Crippen molar-refractivity contribution < 1.29 is 9.18 Å². The summed E-state index contributed by atoms with van der Waals surface area (Å²) in [6.45, 7) is 2.76. The highest BCUT2D eigenvalue weighted by Crippen LogP contribution is 2.18. The van der Waals surface area contributed by atoms with Gasteiger partial charge in [0.2, 0.25) is 5.95 Å². The summed E-state index contributed by atoms with van der Waals surface area (Å²) >= 11 is 5.94. The number of nitrogens with two attached hydrogens (primary N) is 1. The van der Waals surface area contributed by atoms with Crippen molar-refractivity contribution in [2.75, 3.05) is 5.73 Å². The molecule has 1 aromatic carbocycles. The fourth-order valence-corrected chi connectivity index (χ4v) is 2.64. The number of halogens is 2. The molecule has 0 bridgehead atoms. The number of nitrogens with one attached hydrogen (secondary N) is 1. The average molecular weight is 348 g/mol. The lowest BCUT2D eigenvalue weighted by molar-refractivity contribution is 0.0950. The van der Waals surface area contributed by atoms with Crippen molar-refractivity contribution >= 4 is 34.6 Å². The molecular weight excluding hydrogens is 333 g/mol. The summed E-state index contributed by atoms with van der Waals surface area (Å²) in [6.07, 6.45) is 1.47. The van der Waals surface area contributed by atoms with Crippen molar-refractivity contribution in [3.63, 3.8) is 0 Å². The Morgan fingerprint density at radius 1 is 1.42 bits per heavy atom. The molecule has 0 spiro atoms. The van der Waals surface area contributed by atoms with Gasteiger partial charge in [-0.2, -0.15) is 0 Å². The molecular formula is C16H15ClFN5O. The molecule has 0 saturated heterocycles. The number of nitrogen functional groups attached to an aromatic ring is 1. The number of anilines is 1. The molecule has 2 heterocycles. The van der Waals surface area contributed by atoms with Crippen molar-refractivity contribution in [2.45, 2.75) is 20.0 Å². The van der Waals surface area contributed by atoms with Gasteiger partial charge in [0.25, 0.3) is 5.91 Å². The third-order valence-corrected chi connectivity index (χ3v) is 4.00. The second-order valence-electron chi connectivity index (χ2n) is 5.20. The highest BCUT2D eigenvalue weighted by Gasteiger charge is 2.13. The summed E-state index contributed by atoms with van der Waals surface area (Å²) in [5.41, 5.74) is 8.00. The van der Waals surface area contributed by atoms with Crippen LogP contribution in [0.15, 0.2) is 30.5 Å². The lowest BCUT2D eigenvalue weighted by atomic mass is 10.2. The number of rotatable bonds is 4. The van der Waals surface area contributed by atoms with E-state index in [2.05, 4.69) is 15.3 Å². The maximum absolute atomic E-state index is 13.0. The predicted molar refractivity (Wildman–Crippen MR) is 90.2 cm³/mol. The number of hydrogen-bond donors (Lipinski definition) is 2. The van der Waals surface area contributed by atoms with Gasteiger partial charge in [-0.1, -0.05) is 17.7 Å². The maximum atomic E-state index is 13.0. The van der Waals surface area contributed by atoms with Crippen LogP contribution in [0.3, 0.4) is 0 Å². The van der Waals surface area contributed by atoms with Gasteiger partial charge in [0, 0.05) is 24.3 Å². The molecule has 6 nitrogen and oxygen atoms in total. The van der Waals surface area contributed by atoms with Crippen LogP contribution in [0.2, 0.25) is 5.02 Å². The maximum Gasteiger partial charge on any atom is 0.253 e. The minimum atomic E-state index is -0.422. The first-order valence-electron chi connectivity index (χ1n) is 7.33. The van der Waals surface area contributed by atoms with Gasteiger partial charge in [-0.05, 0) is 30.7 Å². The van der Waals surface area contributed by atoms with E-state index < -0.39 is 5.82 Å². The molecule has 1 amide bonds. The molecule has 0 saturated carbocycles. The highest BCUT2D eigenvalue weighted by molar-refractivity contribution is 6.31. The van der Waals surface area contributed by atoms with Gasteiger partial charge in [0.05, 0.1) is 5.56 Å². The Labute approximate surface area is 142 Å². The summed E-state index contributed by atoms with van der Waals surface area (Å²) in [5.74, 6) is -0.390. The zero-order valence-corrected chi connectivity index (χ0v) is 13.6. The van der Waals surface area contributed by atoms with Crippen LogP contribution in [0.25, 0.3) is 11.2 Å². The number of aromatic nitrogens is 3. The molecule has 3 aromatic rings. The second-order valence-corrected chi connectivity index (χ2v) is 5.61. The van der Waals surface area contributed by atoms with E-state index in [1.165, 1.54) is 24.4 Å². The smallest absolute Gasteiger partial charge is 0.253 e. The number of fused-ring (bicyclic) bond motifs is 1. The zero-order valence-electron chi connectivity index (χ0n) is 12.9. The molecule has 0 aliphatic rings. The first-order valence-corrected chi connectivity index (χ1v) is 7.71. The topological polar surface area (TPSA) is 85.8 Å². The number of pyridine rings is 1. The van der Waals surface area contributed by atoms with E-state index in [1.807, 2.05) is 6.92 Å². The molecule has 0 aliphatic carbocycles. The van der Waals surface area contributed by atoms with Crippen LogP contribution in [-0.2, 0) is 13.1 Å². The number of amides is 1. The number of carbonyl (C=O) groups is 1. The van der Waals surface area contributed by atoms with Crippen molar-refractivity contribution in [1.82, 2.24) is 19.9 Å². The largest absolute Gasteiger partial charge is 0.369 e. The lowest BCUT2D eigenvalue weighted by Crippen LogP contribution is -2.23. The van der Waals surface area contributed by atoms with Crippen molar-refractivity contribution in [3.05, 3.63) is 52.4 Å². The fourth-order valence-electron chi connectivity index (χ4n) is 2.41. The summed E-state index contributed by atoms with van der Waals surface area (Å²) < 4.78 is 14.8. The molecule has 0 unspecified atom stereocenters. The standard InChI is InChI=1S/C16H15ClFN5O/c1-2-23-14-13(22-16(23)19)5-10(8-20-14)15(24)21-7-9-3-4-11(18)6-12(9)17/h3-6,8H,2,7H2,1H3,(H2,19,22)(H,21,24). The first kappa shape index (κ1) is 16.2. The molecule has 24 heavy (non-hydrogen) atoms. The molecule has 124 valence electrons. The van der Waals surface area contributed by atoms with E-state index >= 15 is 0 Å². The zero-order chi connectivity index (χ0) is 17.3. The molecule has 2 aromatic heterocycles. The molecule has 3 rings (SSSR count). The van der Waals surface area contributed by atoms with Gasteiger partial charge >= 0.3 is 0 Å². The number of imidazole rings is 1. The van der Waals surface area contributed by atoms with Crippen LogP contribution in [0.4, 0.5) is 10.3 Å². The Hall–Kier alpha value is -2.67. The Bertz CT molecular complexity index is 924. The Morgan fingerprint density at radius 3 is 2.92 bits per heavy atom. The molecule has 0 aliphatic heterocycles.